The zero-order chi connectivity index (χ0) is 25.4. The van der Waals surface area contributed by atoms with Crippen molar-refractivity contribution in [2.45, 2.75) is 44.7 Å². The van der Waals surface area contributed by atoms with Crippen LogP contribution in [-0.4, -0.2) is 43.3 Å². The molecule has 5 N–H and O–H groups in total. The maximum Gasteiger partial charge on any atom is 0.184 e. The Bertz CT molecular complexity index is 1080. The number of aromatic nitrogens is 1. The van der Waals surface area contributed by atoms with Crippen LogP contribution in [0.1, 0.15) is 36.8 Å². The van der Waals surface area contributed by atoms with Crippen molar-refractivity contribution < 1.29 is 14.2 Å². The SMILES string of the molecule is C=C(NC(/C=C(/Cl)COCc1nccs1)=C/CC)c1cc(NC2NC3(CCOCC3)CO2)ccc1N. The van der Waals surface area contributed by atoms with E-state index in [9.17, 15) is 0 Å². The Morgan fingerprint density at radius 1 is 1.42 bits per heavy atom. The van der Waals surface area contributed by atoms with E-state index >= 15 is 0 Å². The van der Waals surface area contributed by atoms with Crippen LogP contribution in [-0.2, 0) is 20.8 Å². The van der Waals surface area contributed by atoms with Crippen molar-refractivity contribution in [3.05, 3.63) is 69.8 Å². The molecule has 1 atom stereocenters. The van der Waals surface area contributed by atoms with E-state index in [2.05, 4.69) is 34.4 Å². The number of benzene rings is 1. The first kappa shape index (κ1) is 26.7. The van der Waals surface area contributed by atoms with Gasteiger partial charge in [0.05, 0.1) is 25.4 Å². The van der Waals surface area contributed by atoms with Crippen molar-refractivity contribution in [3.63, 3.8) is 0 Å². The van der Waals surface area contributed by atoms with Gasteiger partial charge in [0, 0.05) is 58.2 Å². The molecule has 0 saturated carbocycles. The molecule has 0 radical (unpaired) electrons. The maximum absolute atomic E-state index is 6.44. The Labute approximate surface area is 221 Å². The Morgan fingerprint density at radius 2 is 2.25 bits per heavy atom. The van der Waals surface area contributed by atoms with Gasteiger partial charge >= 0.3 is 0 Å². The van der Waals surface area contributed by atoms with Crippen molar-refractivity contribution >= 4 is 40.0 Å². The van der Waals surface area contributed by atoms with E-state index in [1.807, 2.05) is 35.7 Å². The fourth-order valence-electron chi connectivity index (χ4n) is 4.17. The first-order valence-electron chi connectivity index (χ1n) is 12.1. The summed E-state index contributed by atoms with van der Waals surface area (Å²) in [7, 11) is 0. The van der Waals surface area contributed by atoms with Gasteiger partial charge in [-0.1, -0.05) is 31.2 Å². The largest absolute Gasteiger partial charge is 0.398 e. The fraction of sp³-hybridized carbons (Fsp3) is 0.423. The van der Waals surface area contributed by atoms with Crippen LogP contribution in [0.4, 0.5) is 11.4 Å². The molecule has 0 amide bonds. The highest BCUT2D eigenvalue weighted by molar-refractivity contribution is 7.09. The lowest BCUT2D eigenvalue weighted by Gasteiger charge is -2.32. The number of nitrogens with zero attached hydrogens (tertiary/aromatic N) is 1. The molecule has 1 spiro atoms. The van der Waals surface area contributed by atoms with Crippen LogP contribution < -0.4 is 21.7 Å². The van der Waals surface area contributed by atoms with Gasteiger partial charge in [0.25, 0.3) is 0 Å². The maximum atomic E-state index is 6.44. The summed E-state index contributed by atoms with van der Waals surface area (Å²) in [4.78, 5) is 4.21. The number of hydrogen-bond acceptors (Lipinski definition) is 9. The van der Waals surface area contributed by atoms with Gasteiger partial charge in [-0.2, -0.15) is 0 Å². The van der Waals surface area contributed by atoms with Gasteiger partial charge in [-0.05, 0) is 43.5 Å². The predicted molar refractivity (Wildman–Crippen MR) is 146 cm³/mol. The molecule has 10 heteroatoms. The summed E-state index contributed by atoms with van der Waals surface area (Å²) in [6.45, 7) is 9.17. The molecule has 2 aliphatic heterocycles. The highest BCUT2D eigenvalue weighted by Crippen LogP contribution is 2.29. The minimum Gasteiger partial charge on any atom is -0.398 e. The van der Waals surface area contributed by atoms with Crippen LogP contribution in [0.15, 0.2) is 59.2 Å². The molecule has 2 aromatic rings. The summed E-state index contributed by atoms with van der Waals surface area (Å²) < 4.78 is 17.1. The molecular formula is C26H34ClN5O3S. The van der Waals surface area contributed by atoms with E-state index in [0.717, 1.165) is 54.4 Å². The minimum atomic E-state index is -0.275. The molecule has 2 aliphatic rings. The number of anilines is 2. The number of halogens is 1. The number of nitrogens with one attached hydrogen (secondary N) is 3. The first-order valence-corrected chi connectivity index (χ1v) is 13.3. The third-order valence-corrected chi connectivity index (χ3v) is 7.04. The zero-order valence-corrected chi connectivity index (χ0v) is 22.1. The summed E-state index contributed by atoms with van der Waals surface area (Å²) in [5, 5.41) is 13.8. The van der Waals surface area contributed by atoms with Crippen LogP contribution in [0.25, 0.3) is 5.70 Å². The summed E-state index contributed by atoms with van der Waals surface area (Å²) >= 11 is 7.99. The Kier molecular flexibility index (Phi) is 9.41. The summed E-state index contributed by atoms with van der Waals surface area (Å²) in [5.41, 5.74) is 10.1. The number of nitrogen functional groups attached to an aromatic ring is 1. The molecule has 1 aromatic carbocycles. The zero-order valence-electron chi connectivity index (χ0n) is 20.5. The first-order chi connectivity index (χ1) is 17.5. The quantitative estimate of drug-likeness (QED) is 0.242. The molecule has 4 rings (SSSR count). The number of rotatable bonds is 11. The van der Waals surface area contributed by atoms with Crippen LogP contribution >= 0.6 is 22.9 Å². The van der Waals surface area contributed by atoms with Gasteiger partial charge in [-0.25, -0.2) is 4.98 Å². The van der Waals surface area contributed by atoms with Gasteiger partial charge in [-0.3, -0.25) is 5.32 Å². The molecule has 8 nitrogen and oxygen atoms in total. The van der Waals surface area contributed by atoms with Crippen LogP contribution in [0.3, 0.4) is 0 Å². The second-order valence-electron chi connectivity index (χ2n) is 8.86. The van der Waals surface area contributed by atoms with Crippen molar-refractivity contribution in [2.75, 3.05) is 37.5 Å². The van der Waals surface area contributed by atoms with Crippen LogP contribution in [0, 0.1) is 0 Å². The third-order valence-electron chi connectivity index (χ3n) is 6.07. The molecule has 194 valence electrons. The average Bonchev–Trinajstić information content (AvgIpc) is 3.51. The normalized spacial score (nSPS) is 20.0. The second-order valence-corrected chi connectivity index (χ2v) is 10.3. The van der Waals surface area contributed by atoms with E-state index in [-0.39, 0.29) is 11.9 Å². The van der Waals surface area contributed by atoms with Crippen molar-refractivity contribution in [1.29, 1.82) is 0 Å². The molecule has 0 aliphatic carbocycles. The molecule has 1 aromatic heterocycles. The van der Waals surface area contributed by atoms with Gasteiger partial charge in [0.15, 0.2) is 6.35 Å². The summed E-state index contributed by atoms with van der Waals surface area (Å²) in [6, 6.07) is 5.77. The second kappa shape index (κ2) is 12.7. The van der Waals surface area contributed by atoms with Gasteiger partial charge in [0.1, 0.15) is 5.01 Å². The highest BCUT2D eigenvalue weighted by atomic mass is 35.5. The molecule has 0 bridgehead atoms. The Morgan fingerprint density at radius 3 is 3.00 bits per heavy atom. The lowest BCUT2D eigenvalue weighted by molar-refractivity contribution is 0.0396. The highest BCUT2D eigenvalue weighted by Gasteiger charge is 2.40. The smallest absolute Gasteiger partial charge is 0.184 e. The lowest BCUT2D eigenvalue weighted by Crippen LogP contribution is -2.50. The predicted octanol–water partition coefficient (Wildman–Crippen LogP) is 4.78. The molecule has 1 unspecified atom stereocenters. The van der Waals surface area contributed by atoms with E-state index < -0.39 is 0 Å². The number of allylic oxidation sites excluding steroid dienone is 2. The van der Waals surface area contributed by atoms with Gasteiger partial charge in [-0.15, -0.1) is 11.3 Å². The summed E-state index contributed by atoms with van der Waals surface area (Å²) in [6.07, 6.45) is 8.08. The van der Waals surface area contributed by atoms with Gasteiger partial charge < -0.3 is 30.6 Å². The standard InChI is InChI=1S/C26H34ClN5O3S/c1-3-4-20(13-19(27)15-34-16-24-29-9-12-36-24)30-18(2)22-14-21(5-6-23(22)28)31-25-32-26(17-35-25)7-10-33-11-8-26/h4-6,9,12-14,25,30-32H,2-3,7-8,10-11,15-17,28H2,1H3/b19-13+,20-4+. The van der Waals surface area contributed by atoms with Gasteiger partial charge in [0.2, 0.25) is 0 Å². The number of hydrogen-bond donors (Lipinski definition) is 4. The molecule has 2 fully saturated rings. The number of ether oxygens (including phenoxy) is 3. The van der Waals surface area contributed by atoms with Crippen molar-refractivity contribution in [1.82, 2.24) is 15.6 Å². The topological polar surface area (TPSA) is 103 Å². The monoisotopic (exact) mass is 531 g/mol. The average molecular weight is 532 g/mol. The van der Waals surface area contributed by atoms with E-state index in [4.69, 9.17) is 31.5 Å². The van der Waals surface area contributed by atoms with Crippen molar-refractivity contribution in [3.8, 4) is 0 Å². The van der Waals surface area contributed by atoms with Crippen LogP contribution in [0.2, 0.25) is 0 Å². The number of thiazole rings is 1. The third kappa shape index (κ3) is 7.32. The Hall–Kier alpha value is -2.40. The van der Waals surface area contributed by atoms with Crippen LogP contribution in [0.5, 0.6) is 0 Å². The molecule has 3 heterocycles. The Balaban J connectivity index is 1.36. The summed E-state index contributed by atoms with van der Waals surface area (Å²) in [5.74, 6) is 0. The minimum absolute atomic E-state index is 0.0207. The lowest BCUT2D eigenvalue weighted by atomic mass is 9.92. The van der Waals surface area contributed by atoms with E-state index in [0.29, 0.717) is 36.2 Å². The van der Waals surface area contributed by atoms with E-state index in [1.165, 1.54) is 0 Å². The molecular weight excluding hydrogens is 498 g/mol. The fourth-order valence-corrected chi connectivity index (χ4v) is 4.92. The molecule has 2 saturated heterocycles. The molecule has 36 heavy (non-hydrogen) atoms. The van der Waals surface area contributed by atoms with Crippen molar-refractivity contribution in [2.24, 2.45) is 0 Å². The van der Waals surface area contributed by atoms with E-state index in [1.54, 1.807) is 17.5 Å². The number of nitrogens with two attached hydrogens (primary N) is 1.